The van der Waals surface area contributed by atoms with Gasteiger partial charge in [0.05, 0.1) is 0 Å². The van der Waals surface area contributed by atoms with Gasteiger partial charge in [0, 0.05) is 24.5 Å². The number of likely N-dealkylation sites (tertiary alicyclic amines) is 1. The Morgan fingerprint density at radius 1 is 1.24 bits per heavy atom. The van der Waals surface area contributed by atoms with Crippen molar-refractivity contribution in [3.05, 3.63) is 35.9 Å². The third-order valence-corrected chi connectivity index (χ3v) is 4.91. The summed E-state index contributed by atoms with van der Waals surface area (Å²) in [5.41, 5.74) is 1.66. The Morgan fingerprint density at radius 3 is 2.67 bits per heavy atom. The maximum Gasteiger partial charge on any atom is 0.0177 e. The zero-order valence-corrected chi connectivity index (χ0v) is 14.1. The van der Waals surface area contributed by atoms with Crippen LogP contribution in [0.4, 0.5) is 0 Å². The highest BCUT2D eigenvalue weighted by Crippen LogP contribution is 2.27. The lowest BCUT2D eigenvalue weighted by molar-refractivity contribution is 0.126. The molecule has 0 aromatic heterocycles. The molecule has 2 atom stereocenters. The molecule has 0 amide bonds. The van der Waals surface area contributed by atoms with Gasteiger partial charge in [0.2, 0.25) is 0 Å². The van der Waals surface area contributed by atoms with Gasteiger partial charge in [-0.2, -0.15) is 0 Å². The van der Waals surface area contributed by atoms with Gasteiger partial charge in [-0.15, -0.1) is 0 Å². The Bertz CT molecular complexity index is 403. The molecule has 0 bridgehead atoms. The SMILES string of the molecule is CCCNCC(C)(CN1CCCCC1C)c1ccccc1. The lowest BCUT2D eigenvalue weighted by Gasteiger charge is -2.41. The van der Waals surface area contributed by atoms with Gasteiger partial charge < -0.3 is 5.32 Å². The van der Waals surface area contributed by atoms with Crippen molar-refractivity contribution in [2.75, 3.05) is 26.2 Å². The van der Waals surface area contributed by atoms with E-state index in [9.17, 15) is 0 Å². The van der Waals surface area contributed by atoms with Crippen molar-refractivity contribution < 1.29 is 0 Å². The highest BCUT2D eigenvalue weighted by molar-refractivity contribution is 5.25. The predicted octanol–water partition coefficient (Wildman–Crippen LogP) is 3.82. The number of hydrogen-bond donors (Lipinski definition) is 1. The van der Waals surface area contributed by atoms with E-state index in [2.05, 4.69) is 61.3 Å². The highest BCUT2D eigenvalue weighted by Gasteiger charge is 2.31. The largest absolute Gasteiger partial charge is 0.316 e. The number of nitrogens with one attached hydrogen (secondary N) is 1. The van der Waals surface area contributed by atoms with Crippen LogP contribution >= 0.6 is 0 Å². The van der Waals surface area contributed by atoms with Gasteiger partial charge in [-0.1, -0.05) is 50.6 Å². The van der Waals surface area contributed by atoms with Crippen molar-refractivity contribution in [2.24, 2.45) is 0 Å². The fourth-order valence-electron chi connectivity index (χ4n) is 3.47. The van der Waals surface area contributed by atoms with Crippen LogP contribution in [0.25, 0.3) is 0 Å². The fraction of sp³-hybridized carbons (Fsp3) is 0.684. The van der Waals surface area contributed by atoms with Gasteiger partial charge in [-0.25, -0.2) is 0 Å². The van der Waals surface area contributed by atoms with Crippen molar-refractivity contribution >= 4 is 0 Å². The topological polar surface area (TPSA) is 15.3 Å². The number of nitrogens with zero attached hydrogens (tertiary/aromatic N) is 1. The van der Waals surface area contributed by atoms with Crippen LogP contribution in [0.1, 0.15) is 52.0 Å². The summed E-state index contributed by atoms with van der Waals surface area (Å²) in [4.78, 5) is 2.70. The molecule has 0 saturated carbocycles. The molecule has 21 heavy (non-hydrogen) atoms. The first-order chi connectivity index (χ1) is 10.2. The molecule has 0 spiro atoms. The minimum Gasteiger partial charge on any atom is -0.316 e. The summed E-state index contributed by atoms with van der Waals surface area (Å²) in [6.45, 7) is 11.6. The molecule has 118 valence electrons. The molecule has 2 heteroatoms. The molecule has 0 aliphatic carbocycles. The van der Waals surface area contributed by atoms with Crippen LogP contribution in [-0.2, 0) is 5.41 Å². The maximum absolute atomic E-state index is 3.65. The second-order valence-corrected chi connectivity index (χ2v) is 6.92. The Hall–Kier alpha value is -0.860. The second-order valence-electron chi connectivity index (χ2n) is 6.92. The van der Waals surface area contributed by atoms with E-state index in [1.54, 1.807) is 0 Å². The van der Waals surface area contributed by atoms with E-state index in [0.29, 0.717) is 0 Å². The van der Waals surface area contributed by atoms with E-state index < -0.39 is 0 Å². The van der Waals surface area contributed by atoms with Crippen molar-refractivity contribution in [2.45, 2.75) is 57.9 Å². The summed E-state index contributed by atoms with van der Waals surface area (Å²) in [6, 6.07) is 11.8. The number of benzene rings is 1. The van der Waals surface area contributed by atoms with E-state index in [4.69, 9.17) is 0 Å². The second kappa shape index (κ2) is 7.95. The number of hydrogen-bond acceptors (Lipinski definition) is 2. The van der Waals surface area contributed by atoms with E-state index in [1.165, 1.54) is 37.8 Å². The van der Waals surface area contributed by atoms with E-state index in [1.807, 2.05) is 0 Å². The number of rotatable bonds is 7. The van der Waals surface area contributed by atoms with Crippen molar-refractivity contribution in [1.29, 1.82) is 0 Å². The molecule has 1 aromatic carbocycles. The van der Waals surface area contributed by atoms with Gasteiger partial charge in [0.15, 0.2) is 0 Å². The average molecular weight is 288 g/mol. The monoisotopic (exact) mass is 288 g/mol. The first-order valence-electron chi connectivity index (χ1n) is 8.66. The summed E-state index contributed by atoms with van der Waals surface area (Å²) in [5.74, 6) is 0. The Labute approximate surface area is 130 Å². The zero-order valence-electron chi connectivity index (χ0n) is 14.1. The molecule has 2 nitrogen and oxygen atoms in total. The van der Waals surface area contributed by atoms with Crippen LogP contribution in [0, 0.1) is 0 Å². The lowest BCUT2D eigenvalue weighted by Crippen LogP contribution is -2.49. The van der Waals surface area contributed by atoms with Gasteiger partial charge >= 0.3 is 0 Å². The molecule has 1 N–H and O–H groups in total. The molecule has 1 aliphatic rings. The summed E-state index contributed by atoms with van der Waals surface area (Å²) < 4.78 is 0. The van der Waals surface area contributed by atoms with Crippen LogP contribution in [-0.4, -0.2) is 37.1 Å². The van der Waals surface area contributed by atoms with E-state index in [0.717, 1.165) is 25.7 Å². The minimum atomic E-state index is 0.196. The smallest absolute Gasteiger partial charge is 0.0177 e. The Morgan fingerprint density at radius 2 is 2.00 bits per heavy atom. The van der Waals surface area contributed by atoms with Gasteiger partial charge in [-0.05, 0) is 44.8 Å². The summed E-state index contributed by atoms with van der Waals surface area (Å²) in [7, 11) is 0. The van der Waals surface area contributed by atoms with E-state index in [-0.39, 0.29) is 5.41 Å². The van der Waals surface area contributed by atoms with Crippen molar-refractivity contribution in [3.63, 3.8) is 0 Å². The first-order valence-corrected chi connectivity index (χ1v) is 8.66. The molecule has 1 aliphatic heterocycles. The molecular formula is C19H32N2. The predicted molar refractivity (Wildman–Crippen MR) is 91.8 cm³/mol. The Kier molecular flexibility index (Phi) is 6.25. The van der Waals surface area contributed by atoms with Gasteiger partial charge in [-0.3, -0.25) is 4.90 Å². The fourth-order valence-corrected chi connectivity index (χ4v) is 3.47. The molecule has 1 fully saturated rings. The standard InChI is InChI=1S/C19H32N2/c1-4-13-20-15-19(3,18-11-6-5-7-12-18)16-21-14-9-8-10-17(21)2/h5-7,11-12,17,20H,4,8-10,13-16H2,1-3H3. The maximum atomic E-state index is 3.65. The first kappa shape index (κ1) is 16.5. The molecule has 1 saturated heterocycles. The van der Waals surface area contributed by atoms with E-state index >= 15 is 0 Å². The van der Waals surface area contributed by atoms with Crippen molar-refractivity contribution in [3.8, 4) is 0 Å². The molecule has 1 aromatic rings. The Balaban J connectivity index is 2.11. The third kappa shape index (κ3) is 4.55. The zero-order chi connectivity index (χ0) is 15.1. The molecule has 0 radical (unpaired) electrons. The van der Waals surface area contributed by atoms with Crippen LogP contribution in [0.2, 0.25) is 0 Å². The van der Waals surface area contributed by atoms with Crippen LogP contribution < -0.4 is 5.32 Å². The van der Waals surface area contributed by atoms with Gasteiger partial charge in [0.1, 0.15) is 0 Å². The summed E-state index contributed by atoms with van der Waals surface area (Å²) >= 11 is 0. The minimum absolute atomic E-state index is 0.196. The average Bonchev–Trinajstić information content (AvgIpc) is 2.51. The lowest BCUT2D eigenvalue weighted by atomic mass is 9.80. The van der Waals surface area contributed by atoms with Crippen LogP contribution in [0.3, 0.4) is 0 Å². The van der Waals surface area contributed by atoms with Gasteiger partial charge in [0.25, 0.3) is 0 Å². The van der Waals surface area contributed by atoms with Crippen molar-refractivity contribution in [1.82, 2.24) is 10.2 Å². The molecule has 2 unspecified atom stereocenters. The quantitative estimate of drug-likeness (QED) is 0.767. The highest BCUT2D eigenvalue weighted by atomic mass is 15.2. The molecule has 2 rings (SSSR count). The summed E-state index contributed by atoms with van der Waals surface area (Å²) in [5, 5.41) is 3.65. The van der Waals surface area contributed by atoms with Crippen LogP contribution in [0.15, 0.2) is 30.3 Å². The third-order valence-electron chi connectivity index (χ3n) is 4.91. The van der Waals surface area contributed by atoms with Crippen LogP contribution in [0.5, 0.6) is 0 Å². The molecular weight excluding hydrogens is 256 g/mol. The summed E-state index contributed by atoms with van der Waals surface area (Å²) in [6.07, 6.45) is 5.31. The number of piperidine rings is 1. The molecule has 1 heterocycles. The normalized spacial score (nSPS) is 22.9.